The highest BCUT2D eigenvalue weighted by molar-refractivity contribution is 6.37. The average molecular weight is 759 g/mol. The Kier molecular flexibility index (Phi) is 11.4. The minimum atomic E-state index is -0.361. The van der Waals surface area contributed by atoms with Gasteiger partial charge in [-0.15, -0.1) is 0 Å². The molecule has 0 saturated carbocycles. The Labute approximate surface area is 317 Å². The lowest BCUT2D eigenvalue weighted by Crippen LogP contribution is -2.35. The van der Waals surface area contributed by atoms with Gasteiger partial charge in [0.2, 0.25) is 23.6 Å². The molecule has 14 heteroatoms. The van der Waals surface area contributed by atoms with Gasteiger partial charge in [-0.05, 0) is 66.1 Å². The van der Waals surface area contributed by atoms with Crippen LogP contribution in [0.4, 0.5) is 5.82 Å². The van der Waals surface area contributed by atoms with Crippen LogP contribution in [-0.2, 0) is 29.1 Å². The van der Waals surface area contributed by atoms with E-state index in [9.17, 15) is 14.4 Å². The molecule has 3 amide bonds. The molecule has 2 aliphatic heterocycles. The van der Waals surface area contributed by atoms with E-state index in [-0.39, 0.29) is 41.8 Å². The van der Waals surface area contributed by atoms with Gasteiger partial charge in [0.25, 0.3) is 5.91 Å². The molecule has 12 nitrogen and oxygen atoms in total. The van der Waals surface area contributed by atoms with Crippen molar-refractivity contribution in [2.75, 3.05) is 25.5 Å². The summed E-state index contributed by atoms with van der Waals surface area (Å²) in [5, 5.41) is 16.2. The third kappa shape index (κ3) is 8.57. The van der Waals surface area contributed by atoms with Gasteiger partial charge in [-0.3, -0.25) is 14.4 Å². The Balaban J connectivity index is 1.000. The number of carbonyl (C=O) groups is 3. The number of anilines is 1. The Hall–Kier alpha value is -4.75. The smallest absolute Gasteiger partial charge is 0.258 e. The van der Waals surface area contributed by atoms with Crippen molar-refractivity contribution >= 4 is 46.7 Å². The highest BCUT2D eigenvalue weighted by Gasteiger charge is 2.29. The van der Waals surface area contributed by atoms with Gasteiger partial charge in [0.05, 0.1) is 17.7 Å². The monoisotopic (exact) mass is 757 g/mol. The number of benzene rings is 2. The molecule has 0 radical (unpaired) electrons. The Morgan fingerprint density at radius 1 is 0.868 bits per heavy atom. The van der Waals surface area contributed by atoms with Gasteiger partial charge >= 0.3 is 0 Å². The van der Waals surface area contributed by atoms with Gasteiger partial charge in [0.1, 0.15) is 16.9 Å². The van der Waals surface area contributed by atoms with E-state index < -0.39 is 0 Å². The molecule has 1 aliphatic carbocycles. The highest BCUT2D eigenvalue weighted by Crippen LogP contribution is 2.43. The summed E-state index contributed by atoms with van der Waals surface area (Å²) in [6.07, 6.45) is 5.62. The van der Waals surface area contributed by atoms with Crippen LogP contribution in [0.5, 0.6) is 11.8 Å². The number of amides is 3. The largest absolute Gasteiger partial charge is 0.481 e. The van der Waals surface area contributed by atoms with E-state index in [0.29, 0.717) is 72.7 Å². The van der Waals surface area contributed by atoms with Crippen molar-refractivity contribution in [1.29, 1.82) is 0 Å². The van der Waals surface area contributed by atoms with Crippen LogP contribution in [0.3, 0.4) is 0 Å². The lowest BCUT2D eigenvalue weighted by molar-refractivity contribution is -0.120. The van der Waals surface area contributed by atoms with Crippen molar-refractivity contribution < 1.29 is 23.9 Å². The van der Waals surface area contributed by atoms with Crippen molar-refractivity contribution in [1.82, 2.24) is 31.2 Å². The Morgan fingerprint density at radius 3 is 2.26 bits per heavy atom. The molecule has 2 aromatic carbocycles. The maximum absolute atomic E-state index is 13.4. The maximum atomic E-state index is 13.4. The number of carbonyl (C=O) groups excluding carboxylic acids is 3. The molecule has 2 aromatic heterocycles. The first-order chi connectivity index (χ1) is 25.7. The predicted octanol–water partition coefficient (Wildman–Crippen LogP) is 5.51. The second-order valence-corrected chi connectivity index (χ2v) is 14.3. The van der Waals surface area contributed by atoms with E-state index in [1.807, 2.05) is 36.4 Å². The van der Waals surface area contributed by atoms with Crippen LogP contribution in [0.2, 0.25) is 10.0 Å². The number of fused-ring (bicyclic) bond motifs is 1. The van der Waals surface area contributed by atoms with Crippen LogP contribution in [0.15, 0.2) is 60.8 Å². The molecule has 4 heterocycles. The van der Waals surface area contributed by atoms with Crippen molar-refractivity contribution in [3.05, 3.63) is 98.7 Å². The van der Waals surface area contributed by atoms with Gasteiger partial charge in [-0.2, -0.15) is 4.98 Å². The summed E-state index contributed by atoms with van der Waals surface area (Å²) in [7, 11) is 1.56. The van der Waals surface area contributed by atoms with Gasteiger partial charge in [-0.1, -0.05) is 59.6 Å². The minimum absolute atomic E-state index is 0.0791. The molecular weight excluding hydrogens is 717 g/mol. The minimum Gasteiger partial charge on any atom is -0.481 e. The quantitative estimate of drug-likeness (QED) is 0.112. The zero-order valence-electron chi connectivity index (χ0n) is 29.3. The van der Waals surface area contributed by atoms with E-state index in [0.717, 1.165) is 52.6 Å². The molecule has 7 rings (SSSR count). The van der Waals surface area contributed by atoms with Gasteiger partial charge < -0.3 is 36.1 Å². The highest BCUT2D eigenvalue weighted by atomic mass is 35.5. The number of ether oxygens (including phenoxy) is 2. The third-order valence-electron chi connectivity index (χ3n) is 9.84. The number of nitrogens with one attached hydrogen (secondary N) is 5. The van der Waals surface area contributed by atoms with Crippen molar-refractivity contribution in [3.8, 4) is 22.9 Å². The molecule has 2 saturated heterocycles. The summed E-state index contributed by atoms with van der Waals surface area (Å²) >= 11 is 13.6. The van der Waals surface area contributed by atoms with Crippen molar-refractivity contribution in [3.63, 3.8) is 0 Å². The number of pyridine rings is 2. The molecule has 2 fully saturated rings. The van der Waals surface area contributed by atoms with Gasteiger partial charge in [0, 0.05) is 68.4 Å². The van der Waals surface area contributed by atoms with Crippen LogP contribution in [-0.4, -0.2) is 60.0 Å². The number of rotatable bonds is 14. The summed E-state index contributed by atoms with van der Waals surface area (Å²) in [4.78, 5) is 45.4. The molecule has 4 aromatic rings. The third-order valence-corrected chi connectivity index (χ3v) is 10.5. The first-order valence-corrected chi connectivity index (χ1v) is 18.6. The van der Waals surface area contributed by atoms with Crippen molar-refractivity contribution in [2.24, 2.45) is 0 Å². The summed E-state index contributed by atoms with van der Waals surface area (Å²) in [5.74, 6) is 0.924. The van der Waals surface area contributed by atoms with Crippen LogP contribution in [0.25, 0.3) is 11.1 Å². The van der Waals surface area contributed by atoms with E-state index in [1.54, 1.807) is 31.5 Å². The average Bonchev–Trinajstić information content (AvgIpc) is 3.89. The number of aromatic nitrogens is 2. The molecule has 0 spiro atoms. The lowest BCUT2D eigenvalue weighted by Gasteiger charge is -2.18. The Morgan fingerprint density at radius 2 is 1.58 bits per heavy atom. The predicted molar refractivity (Wildman–Crippen MR) is 202 cm³/mol. The van der Waals surface area contributed by atoms with Crippen LogP contribution in [0.1, 0.15) is 70.8 Å². The molecule has 0 unspecified atom stereocenters. The first kappa shape index (κ1) is 36.6. The number of hydrogen-bond donors (Lipinski definition) is 5. The molecule has 276 valence electrons. The fourth-order valence-corrected chi connectivity index (χ4v) is 7.67. The molecule has 3 aliphatic rings. The first-order valence-electron chi connectivity index (χ1n) is 17.8. The van der Waals surface area contributed by atoms with Crippen LogP contribution < -0.4 is 36.1 Å². The molecular formula is C39H41Cl2N7O5. The molecule has 53 heavy (non-hydrogen) atoms. The topological polar surface area (TPSA) is 156 Å². The fraction of sp³-hybridized carbons (Fsp3) is 0.359. The van der Waals surface area contributed by atoms with E-state index in [4.69, 9.17) is 32.7 Å². The SMILES string of the molecule is COc1nc(O[C@H]2CCc3c(-c4cccc(C(=O)Nc5ccc(CNC[C@@H]6CCC(=O)N6)cn5)c4Cl)cccc32)c(Cl)cc1CNC[C@@H]1CCC(=O)N1. The number of methoxy groups -OCH3 is 1. The van der Waals surface area contributed by atoms with Crippen LogP contribution in [0, 0.1) is 0 Å². The Bertz CT molecular complexity index is 2010. The normalized spacial score (nSPS) is 19.1. The summed E-state index contributed by atoms with van der Waals surface area (Å²) < 4.78 is 12.0. The van der Waals surface area contributed by atoms with Crippen molar-refractivity contribution in [2.45, 2.75) is 69.8 Å². The standard InChI is InChI=1S/C39H41Cl2N7O5/c1-52-38-23(19-43-21-25-10-15-35(50)46-25)16-31(40)39(48-38)53-32-12-11-27-26(4-2-5-28(27)32)29-6-3-7-30(36(29)41)37(51)47-33-13-8-22(18-44-33)17-42-20-24-9-14-34(49)45-24/h2-8,13,16,18,24-25,32,42-43H,9-12,14-15,17,19-21H2,1H3,(H,45,49)(H,46,50)(H,44,47,51)/t24-,25-,32-/m0/s1. The van der Waals surface area contributed by atoms with E-state index in [1.165, 1.54) is 0 Å². The fourth-order valence-electron chi connectivity index (χ4n) is 7.14. The number of halogens is 2. The number of nitrogens with zero attached hydrogens (tertiary/aromatic N) is 2. The molecule has 5 N–H and O–H groups in total. The van der Waals surface area contributed by atoms with E-state index >= 15 is 0 Å². The lowest BCUT2D eigenvalue weighted by atomic mass is 9.95. The summed E-state index contributed by atoms with van der Waals surface area (Å²) in [5.41, 5.74) is 5.85. The van der Waals surface area contributed by atoms with E-state index in [2.05, 4.69) is 36.6 Å². The molecule has 3 atom stereocenters. The second kappa shape index (κ2) is 16.5. The van der Waals surface area contributed by atoms with Crippen LogP contribution >= 0.6 is 23.2 Å². The van der Waals surface area contributed by atoms with Gasteiger partial charge in [-0.25, -0.2) is 4.98 Å². The zero-order chi connectivity index (χ0) is 36.9. The molecule has 0 bridgehead atoms. The van der Waals surface area contributed by atoms with Gasteiger partial charge in [0.15, 0.2) is 0 Å². The summed E-state index contributed by atoms with van der Waals surface area (Å²) in [6, 6.07) is 17.1. The zero-order valence-corrected chi connectivity index (χ0v) is 30.8. The maximum Gasteiger partial charge on any atom is 0.258 e. The second-order valence-electron chi connectivity index (χ2n) is 13.5. The number of hydrogen-bond acceptors (Lipinski definition) is 9. The summed E-state index contributed by atoms with van der Waals surface area (Å²) in [6.45, 7) is 2.40.